The molecule has 0 radical (unpaired) electrons. The number of hydrogen-bond acceptors (Lipinski definition) is 2. The van der Waals surface area contributed by atoms with Gasteiger partial charge in [0.05, 0.1) is 0 Å². The minimum atomic E-state index is 0.251. The van der Waals surface area contributed by atoms with E-state index in [1.54, 1.807) is 4.88 Å². The first kappa shape index (κ1) is 13.3. The molecule has 1 nitrogen and oxygen atoms in total. The van der Waals surface area contributed by atoms with Gasteiger partial charge in [0.2, 0.25) is 0 Å². The average molecular weight is 336 g/mol. The molecular formula is C16H18BrNS. The zero-order valence-corrected chi connectivity index (χ0v) is 13.9. The van der Waals surface area contributed by atoms with Crippen LogP contribution in [-0.4, -0.2) is 6.54 Å². The van der Waals surface area contributed by atoms with Gasteiger partial charge in [-0.1, -0.05) is 35.8 Å². The lowest BCUT2D eigenvalue weighted by Crippen LogP contribution is -2.37. The summed E-state index contributed by atoms with van der Waals surface area (Å²) in [4.78, 5) is 2.93. The number of halogens is 1. The van der Waals surface area contributed by atoms with Gasteiger partial charge in [-0.25, -0.2) is 0 Å². The largest absolute Gasteiger partial charge is 0.312 e. The zero-order chi connectivity index (χ0) is 13.6. The van der Waals surface area contributed by atoms with Crippen LogP contribution in [0.15, 0.2) is 28.7 Å². The Bertz CT molecular complexity index is 628. The Balaban J connectivity index is 2.07. The molecule has 0 aliphatic carbocycles. The van der Waals surface area contributed by atoms with Crippen molar-refractivity contribution in [2.24, 2.45) is 0 Å². The molecule has 1 aliphatic rings. The molecule has 3 rings (SSSR count). The maximum absolute atomic E-state index is 3.57. The number of thiophene rings is 1. The molecule has 1 aliphatic heterocycles. The Morgan fingerprint density at radius 2 is 2.05 bits per heavy atom. The number of rotatable bonds is 1. The van der Waals surface area contributed by atoms with E-state index in [0.29, 0.717) is 0 Å². The second-order valence-corrected chi connectivity index (χ2v) is 7.82. The van der Waals surface area contributed by atoms with Crippen molar-refractivity contribution in [3.05, 3.63) is 44.7 Å². The molecule has 19 heavy (non-hydrogen) atoms. The molecule has 0 amide bonds. The van der Waals surface area contributed by atoms with Gasteiger partial charge in [-0.15, -0.1) is 11.3 Å². The summed E-state index contributed by atoms with van der Waals surface area (Å²) < 4.78 is 1.18. The van der Waals surface area contributed by atoms with Crippen molar-refractivity contribution in [2.45, 2.75) is 32.7 Å². The number of benzene rings is 1. The van der Waals surface area contributed by atoms with Crippen LogP contribution in [0.4, 0.5) is 0 Å². The van der Waals surface area contributed by atoms with Crippen LogP contribution in [-0.2, 0) is 12.0 Å². The molecular weight excluding hydrogens is 318 g/mol. The Hall–Kier alpha value is -0.640. The van der Waals surface area contributed by atoms with E-state index in [-0.39, 0.29) is 5.41 Å². The second-order valence-electron chi connectivity index (χ2n) is 5.92. The van der Waals surface area contributed by atoms with Crippen LogP contribution >= 0.6 is 27.3 Å². The molecule has 0 bridgehead atoms. The van der Waals surface area contributed by atoms with Crippen LogP contribution in [0, 0.1) is 6.92 Å². The predicted molar refractivity (Wildman–Crippen MR) is 86.9 cm³/mol. The summed E-state index contributed by atoms with van der Waals surface area (Å²) in [6.07, 6.45) is 0. The highest BCUT2D eigenvalue weighted by atomic mass is 79.9. The van der Waals surface area contributed by atoms with E-state index in [1.165, 1.54) is 26.0 Å². The highest BCUT2D eigenvalue weighted by molar-refractivity contribution is 9.10. The maximum atomic E-state index is 3.57. The normalized spacial score (nSPS) is 17.3. The van der Waals surface area contributed by atoms with Crippen LogP contribution in [0.5, 0.6) is 0 Å². The molecule has 100 valence electrons. The highest BCUT2D eigenvalue weighted by Gasteiger charge is 2.29. The number of hydrogen-bond donors (Lipinski definition) is 1. The fourth-order valence-corrected chi connectivity index (χ4v) is 4.19. The van der Waals surface area contributed by atoms with E-state index in [1.807, 2.05) is 11.3 Å². The molecule has 1 aromatic carbocycles. The van der Waals surface area contributed by atoms with Crippen LogP contribution in [0.1, 0.15) is 29.9 Å². The molecule has 1 aromatic heterocycles. The van der Waals surface area contributed by atoms with Crippen LogP contribution in [0.2, 0.25) is 0 Å². The van der Waals surface area contributed by atoms with Gasteiger partial charge < -0.3 is 5.32 Å². The van der Waals surface area contributed by atoms with Gasteiger partial charge in [0.1, 0.15) is 0 Å². The average Bonchev–Trinajstić information content (AvgIpc) is 2.78. The Kier molecular flexibility index (Phi) is 3.32. The SMILES string of the molecule is Cc1cc(-c2cc3c(s2)C(C)(C)CNC3)ccc1Br. The van der Waals surface area contributed by atoms with Crippen molar-refractivity contribution < 1.29 is 0 Å². The minimum absolute atomic E-state index is 0.251. The van der Waals surface area contributed by atoms with E-state index in [4.69, 9.17) is 0 Å². The van der Waals surface area contributed by atoms with E-state index in [2.05, 4.69) is 66.3 Å². The summed E-state index contributed by atoms with van der Waals surface area (Å²) >= 11 is 5.53. The third-order valence-electron chi connectivity index (χ3n) is 3.75. The highest BCUT2D eigenvalue weighted by Crippen LogP contribution is 2.40. The van der Waals surface area contributed by atoms with Crippen molar-refractivity contribution >= 4 is 27.3 Å². The number of fused-ring (bicyclic) bond motifs is 1. The van der Waals surface area contributed by atoms with Crippen LogP contribution < -0.4 is 5.32 Å². The minimum Gasteiger partial charge on any atom is -0.312 e. The molecule has 0 fully saturated rings. The van der Waals surface area contributed by atoms with Crippen LogP contribution in [0.25, 0.3) is 10.4 Å². The van der Waals surface area contributed by atoms with Gasteiger partial charge >= 0.3 is 0 Å². The topological polar surface area (TPSA) is 12.0 Å². The lowest BCUT2D eigenvalue weighted by atomic mass is 9.86. The lowest BCUT2D eigenvalue weighted by molar-refractivity contribution is 0.445. The quantitative estimate of drug-likeness (QED) is 0.784. The summed E-state index contributed by atoms with van der Waals surface area (Å²) in [7, 11) is 0. The lowest BCUT2D eigenvalue weighted by Gasteiger charge is -2.30. The van der Waals surface area contributed by atoms with Crippen LogP contribution in [0.3, 0.4) is 0 Å². The Morgan fingerprint density at radius 3 is 2.74 bits per heavy atom. The molecule has 0 atom stereocenters. The van der Waals surface area contributed by atoms with E-state index < -0.39 is 0 Å². The molecule has 3 heteroatoms. The molecule has 2 heterocycles. The third-order valence-corrected chi connectivity index (χ3v) is 6.23. The van der Waals surface area contributed by atoms with Gasteiger partial charge in [-0.2, -0.15) is 0 Å². The van der Waals surface area contributed by atoms with Crippen molar-refractivity contribution in [3.63, 3.8) is 0 Å². The smallest absolute Gasteiger partial charge is 0.0349 e. The number of nitrogens with one attached hydrogen (secondary N) is 1. The fourth-order valence-electron chi connectivity index (χ4n) is 2.66. The molecule has 1 N–H and O–H groups in total. The predicted octanol–water partition coefficient (Wildman–Crippen LogP) is 4.87. The summed E-state index contributed by atoms with van der Waals surface area (Å²) in [5.41, 5.74) is 4.34. The number of aryl methyl sites for hydroxylation is 1. The van der Waals surface area contributed by atoms with Crippen molar-refractivity contribution in [3.8, 4) is 10.4 Å². The molecule has 2 aromatic rings. The summed E-state index contributed by atoms with van der Waals surface area (Å²) in [6, 6.07) is 8.97. The van der Waals surface area contributed by atoms with Gasteiger partial charge in [0, 0.05) is 32.7 Å². The van der Waals surface area contributed by atoms with Gasteiger partial charge in [0.15, 0.2) is 0 Å². The van der Waals surface area contributed by atoms with E-state index in [9.17, 15) is 0 Å². The maximum Gasteiger partial charge on any atom is 0.0349 e. The molecule has 0 saturated heterocycles. The first-order valence-electron chi connectivity index (χ1n) is 6.58. The first-order chi connectivity index (χ1) is 8.97. The molecule has 0 spiro atoms. The third kappa shape index (κ3) is 2.39. The van der Waals surface area contributed by atoms with Gasteiger partial charge in [-0.05, 0) is 41.8 Å². The molecule has 0 unspecified atom stereocenters. The summed E-state index contributed by atoms with van der Waals surface area (Å²) in [5, 5.41) is 3.52. The van der Waals surface area contributed by atoms with Crippen molar-refractivity contribution in [1.82, 2.24) is 5.32 Å². The Labute approximate surface area is 127 Å². The van der Waals surface area contributed by atoms with Crippen molar-refractivity contribution in [2.75, 3.05) is 6.54 Å². The summed E-state index contributed by atoms with van der Waals surface area (Å²) in [5.74, 6) is 0. The second kappa shape index (κ2) is 4.72. The Morgan fingerprint density at radius 1 is 1.26 bits per heavy atom. The van der Waals surface area contributed by atoms with Gasteiger partial charge in [-0.3, -0.25) is 0 Å². The summed E-state index contributed by atoms with van der Waals surface area (Å²) in [6.45, 7) is 8.87. The monoisotopic (exact) mass is 335 g/mol. The first-order valence-corrected chi connectivity index (χ1v) is 8.19. The van der Waals surface area contributed by atoms with Crippen molar-refractivity contribution in [1.29, 1.82) is 0 Å². The van der Waals surface area contributed by atoms with E-state index >= 15 is 0 Å². The zero-order valence-electron chi connectivity index (χ0n) is 11.5. The van der Waals surface area contributed by atoms with E-state index in [0.717, 1.165) is 13.1 Å². The molecule has 0 saturated carbocycles. The standard InChI is InChI=1S/C16H18BrNS/c1-10-6-11(4-5-13(10)17)14-7-12-8-18-9-16(2,3)15(12)19-14/h4-7,18H,8-9H2,1-3H3. The van der Waals surface area contributed by atoms with Gasteiger partial charge in [0.25, 0.3) is 0 Å². The fraction of sp³-hybridized carbons (Fsp3) is 0.375.